The molecule has 0 aliphatic carbocycles. The molecule has 1 atom stereocenters. The summed E-state index contributed by atoms with van der Waals surface area (Å²) in [4.78, 5) is 17.0. The van der Waals surface area contributed by atoms with E-state index in [4.69, 9.17) is 5.73 Å². The molecule has 0 aliphatic rings. The van der Waals surface area contributed by atoms with Crippen LogP contribution in [0.1, 0.15) is 28.9 Å². The van der Waals surface area contributed by atoms with Crippen LogP contribution in [0.4, 0.5) is 0 Å². The first-order chi connectivity index (χ1) is 12.0. The molecule has 3 aromatic rings. The Kier molecular flexibility index (Phi) is 4.70. The lowest BCUT2D eigenvalue weighted by atomic mass is 9.71. The molecule has 3 rings (SSSR count). The number of imidazole rings is 1. The summed E-state index contributed by atoms with van der Waals surface area (Å²) in [5, 5.41) is 0. The number of nitrogens with zero attached hydrogens (tertiary/aromatic N) is 2. The normalized spacial score (nSPS) is 13.4. The Bertz CT molecular complexity index is 852. The van der Waals surface area contributed by atoms with E-state index >= 15 is 0 Å². The summed E-state index contributed by atoms with van der Waals surface area (Å²) >= 11 is 0. The standard InChI is InChI=1S/C21H23N3O/c1-16-8-10-19(11-9-16)21(20(22)25,18-6-4-3-5-7-18)12-14-24-15-13-23-17(24)2/h3-11,13,15H,12,14H2,1-2H3,(H2,22,25). The van der Waals surface area contributed by atoms with Crippen LogP contribution in [0.2, 0.25) is 0 Å². The van der Waals surface area contributed by atoms with E-state index in [9.17, 15) is 4.79 Å². The maximum absolute atomic E-state index is 12.7. The topological polar surface area (TPSA) is 60.9 Å². The molecule has 1 aromatic heterocycles. The first-order valence-electron chi connectivity index (χ1n) is 8.44. The highest BCUT2D eigenvalue weighted by atomic mass is 16.1. The molecule has 2 N–H and O–H groups in total. The van der Waals surface area contributed by atoms with Gasteiger partial charge >= 0.3 is 0 Å². The van der Waals surface area contributed by atoms with Gasteiger partial charge in [-0.3, -0.25) is 4.79 Å². The van der Waals surface area contributed by atoms with Gasteiger partial charge in [0.05, 0.1) is 0 Å². The van der Waals surface area contributed by atoms with Crippen LogP contribution in [0.3, 0.4) is 0 Å². The minimum atomic E-state index is -0.869. The predicted molar refractivity (Wildman–Crippen MR) is 99.2 cm³/mol. The summed E-state index contributed by atoms with van der Waals surface area (Å²) in [6.07, 6.45) is 4.28. The Morgan fingerprint density at radius 1 is 1.04 bits per heavy atom. The minimum absolute atomic E-state index is 0.333. The van der Waals surface area contributed by atoms with Gasteiger partial charge in [0.1, 0.15) is 11.2 Å². The van der Waals surface area contributed by atoms with Crippen molar-refractivity contribution in [2.24, 2.45) is 5.73 Å². The molecule has 4 nitrogen and oxygen atoms in total. The summed E-state index contributed by atoms with van der Waals surface area (Å²) in [7, 11) is 0. The molecule has 1 unspecified atom stereocenters. The smallest absolute Gasteiger partial charge is 0.232 e. The Labute approximate surface area is 148 Å². The molecule has 128 valence electrons. The van der Waals surface area contributed by atoms with Crippen molar-refractivity contribution in [2.75, 3.05) is 0 Å². The number of carbonyl (C=O) groups is 1. The molecule has 25 heavy (non-hydrogen) atoms. The van der Waals surface area contributed by atoms with Crippen LogP contribution in [-0.2, 0) is 16.8 Å². The number of hydrogen-bond acceptors (Lipinski definition) is 2. The lowest BCUT2D eigenvalue weighted by Gasteiger charge is -2.32. The average molecular weight is 333 g/mol. The lowest BCUT2D eigenvalue weighted by Crippen LogP contribution is -2.43. The van der Waals surface area contributed by atoms with Gasteiger partial charge in [-0.1, -0.05) is 60.2 Å². The maximum atomic E-state index is 12.7. The third-order valence-electron chi connectivity index (χ3n) is 4.88. The number of amides is 1. The van der Waals surface area contributed by atoms with Crippen molar-refractivity contribution in [3.05, 3.63) is 89.5 Å². The number of aromatic nitrogens is 2. The number of rotatable bonds is 6. The number of hydrogen-bond donors (Lipinski definition) is 1. The van der Waals surface area contributed by atoms with Gasteiger partial charge in [-0.15, -0.1) is 0 Å². The summed E-state index contributed by atoms with van der Waals surface area (Å²) in [6, 6.07) is 17.9. The predicted octanol–water partition coefficient (Wildman–Crippen LogP) is 3.36. The molecular formula is C21H23N3O. The Hall–Kier alpha value is -2.88. The van der Waals surface area contributed by atoms with Gasteiger partial charge in [0.15, 0.2) is 0 Å². The fraction of sp³-hybridized carbons (Fsp3) is 0.238. The van der Waals surface area contributed by atoms with Crippen molar-refractivity contribution in [2.45, 2.75) is 32.2 Å². The van der Waals surface area contributed by atoms with E-state index < -0.39 is 5.41 Å². The summed E-state index contributed by atoms with van der Waals surface area (Å²) in [6.45, 7) is 4.66. The Morgan fingerprint density at radius 3 is 2.24 bits per heavy atom. The van der Waals surface area contributed by atoms with Crippen LogP contribution >= 0.6 is 0 Å². The number of nitrogens with two attached hydrogens (primary N) is 1. The minimum Gasteiger partial charge on any atom is -0.369 e. The van der Waals surface area contributed by atoms with E-state index in [-0.39, 0.29) is 5.91 Å². The summed E-state index contributed by atoms with van der Waals surface area (Å²) < 4.78 is 2.05. The summed E-state index contributed by atoms with van der Waals surface area (Å²) in [5.41, 5.74) is 8.12. The first kappa shape index (κ1) is 17.0. The van der Waals surface area contributed by atoms with Crippen LogP contribution in [0, 0.1) is 13.8 Å². The number of carbonyl (C=O) groups excluding carboxylic acids is 1. The molecule has 0 saturated heterocycles. The molecule has 1 amide bonds. The fourth-order valence-electron chi connectivity index (χ4n) is 3.35. The third kappa shape index (κ3) is 3.20. The lowest BCUT2D eigenvalue weighted by molar-refractivity contribution is -0.122. The van der Waals surface area contributed by atoms with E-state index in [1.807, 2.05) is 74.6 Å². The van der Waals surface area contributed by atoms with Crippen LogP contribution in [-0.4, -0.2) is 15.5 Å². The molecule has 0 bridgehead atoms. The molecule has 2 aromatic carbocycles. The molecule has 0 fully saturated rings. The van der Waals surface area contributed by atoms with Gasteiger partial charge in [0, 0.05) is 18.9 Å². The van der Waals surface area contributed by atoms with E-state index in [1.165, 1.54) is 0 Å². The molecule has 0 radical (unpaired) electrons. The third-order valence-corrected chi connectivity index (χ3v) is 4.88. The molecule has 4 heteroatoms. The van der Waals surface area contributed by atoms with Crippen molar-refractivity contribution >= 4 is 5.91 Å². The monoisotopic (exact) mass is 333 g/mol. The van der Waals surface area contributed by atoms with Crippen LogP contribution in [0.5, 0.6) is 0 Å². The van der Waals surface area contributed by atoms with Gasteiger partial charge in [0.25, 0.3) is 0 Å². The Morgan fingerprint density at radius 2 is 1.68 bits per heavy atom. The second-order valence-corrected chi connectivity index (χ2v) is 6.42. The maximum Gasteiger partial charge on any atom is 0.232 e. The highest BCUT2D eigenvalue weighted by Crippen LogP contribution is 2.36. The van der Waals surface area contributed by atoms with Crippen LogP contribution < -0.4 is 5.73 Å². The number of aryl methyl sites for hydroxylation is 3. The van der Waals surface area contributed by atoms with Gasteiger partial charge in [0.2, 0.25) is 5.91 Å². The molecule has 1 heterocycles. The zero-order valence-corrected chi connectivity index (χ0v) is 14.6. The van der Waals surface area contributed by atoms with Gasteiger partial charge in [-0.05, 0) is 31.4 Å². The number of primary amides is 1. The Balaban J connectivity index is 2.10. The second kappa shape index (κ2) is 6.93. The number of benzene rings is 2. The molecule has 0 saturated carbocycles. The van der Waals surface area contributed by atoms with E-state index in [0.717, 1.165) is 22.5 Å². The van der Waals surface area contributed by atoms with Crippen molar-refractivity contribution in [1.29, 1.82) is 0 Å². The van der Waals surface area contributed by atoms with Gasteiger partial charge in [-0.2, -0.15) is 0 Å². The molecule has 0 spiro atoms. The SMILES string of the molecule is Cc1ccc(C(CCn2ccnc2C)(C(N)=O)c2ccccc2)cc1. The van der Waals surface area contributed by atoms with Crippen molar-refractivity contribution < 1.29 is 4.79 Å². The zero-order valence-electron chi connectivity index (χ0n) is 14.6. The van der Waals surface area contributed by atoms with Crippen molar-refractivity contribution in [3.63, 3.8) is 0 Å². The van der Waals surface area contributed by atoms with Gasteiger partial charge < -0.3 is 10.3 Å². The quantitative estimate of drug-likeness (QED) is 0.752. The van der Waals surface area contributed by atoms with E-state index in [2.05, 4.69) is 9.55 Å². The highest BCUT2D eigenvalue weighted by Gasteiger charge is 2.40. The van der Waals surface area contributed by atoms with Crippen LogP contribution in [0.15, 0.2) is 67.0 Å². The average Bonchev–Trinajstić information content (AvgIpc) is 3.03. The van der Waals surface area contributed by atoms with Crippen molar-refractivity contribution in [1.82, 2.24) is 9.55 Å². The molecule has 0 aliphatic heterocycles. The van der Waals surface area contributed by atoms with Gasteiger partial charge in [-0.25, -0.2) is 4.98 Å². The second-order valence-electron chi connectivity index (χ2n) is 6.42. The fourth-order valence-corrected chi connectivity index (χ4v) is 3.35. The highest BCUT2D eigenvalue weighted by molar-refractivity contribution is 5.90. The largest absolute Gasteiger partial charge is 0.369 e. The van der Waals surface area contributed by atoms with Crippen LogP contribution in [0.25, 0.3) is 0 Å². The van der Waals surface area contributed by atoms with E-state index in [1.54, 1.807) is 6.20 Å². The zero-order chi connectivity index (χ0) is 17.9. The molecular weight excluding hydrogens is 310 g/mol. The van der Waals surface area contributed by atoms with E-state index in [0.29, 0.717) is 13.0 Å². The first-order valence-corrected chi connectivity index (χ1v) is 8.44. The van der Waals surface area contributed by atoms with Crippen molar-refractivity contribution in [3.8, 4) is 0 Å². The summed E-state index contributed by atoms with van der Waals surface area (Å²) in [5.74, 6) is 0.593.